The topological polar surface area (TPSA) is 84.9 Å². The van der Waals surface area contributed by atoms with Crippen LogP contribution in [0.25, 0.3) is 0 Å². The van der Waals surface area contributed by atoms with Crippen molar-refractivity contribution in [2.24, 2.45) is 11.8 Å². The van der Waals surface area contributed by atoms with Gasteiger partial charge in [0.1, 0.15) is 12.2 Å². The second-order valence-electron chi connectivity index (χ2n) is 8.46. The first-order valence-electron chi connectivity index (χ1n) is 9.75. The molecule has 2 aliphatic rings. The summed E-state index contributed by atoms with van der Waals surface area (Å²) in [7, 11) is 0. The number of hydrogen-bond donors (Lipinski definition) is 1. The molecule has 0 bridgehead atoms. The molecule has 0 unspecified atom stereocenters. The second kappa shape index (κ2) is 8.20. The average molecular weight is 388 g/mol. The highest BCUT2D eigenvalue weighted by Crippen LogP contribution is 2.38. The van der Waals surface area contributed by atoms with Gasteiger partial charge in [0.05, 0.1) is 12.0 Å². The van der Waals surface area contributed by atoms with Crippen molar-refractivity contribution in [1.82, 2.24) is 10.2 Å². The normalized spacial score (nSPS) is 20.5. The molecule has 7 nitrogen and oxygen atoms in total. The Balaban J connectivity index is 1.65. The molecule has 1 saturated carbocycles. The van der Waals surface area contributed by atoms with Crippen LogP contribution in [0.5, 0.6) is 0 Å². The van der Waals surface area contributed by atoms with E-state index in [0.29, 0.717) is 6.42 Å². The van der Waals surface area contributed by atoms with Crippen molar-refractivity contribution >= 4 is 18.1 Å². The number of nitrogens with one attached hydrogen (secondary N) is 1. The Morgan fingerprint density at radius 3 is 2.54 bits per heavy atom. The van der Waals surface area contributed by atoms with E-state index in [1.54, 1.807) is 20.8 Å². The summed E-state index contributed by atoms with van der Waals surface area (Å²) in [5, 5.41) is 2.68. The van der Waals surface area contributed by atoms with E-state index in [4.69, 9.17) is 9.47 Å². The molecule has 1 aromatic rings. The summed E-state index contributed by atoms with van der Waals surface area (Å²) in [5.41, 5.74) is 0.432. The van der Waals surface area contributed by atoms with Crippen LogP contribution in [-0.4, -0.2) is 47.8 Å². The van der Waals surface area contributed by atoms with E-state index in [1.165, 1.54) is 4.90 Å². The number of carbonyl (C=O) groups excluding carboxylic acids is 3. The second-order valence-corrected chi connectivity index (χ2v) is 8.46. The number of carbonyl (C=O) groups is 3. The summed E-state index contributed by atoms with van der Waals surface area (Å²) in [4.78, 5) is 38.6. The van der Waals surface area contributed by atoms with Gasteiger partial charge >= 0.3 is 12.2 Å². The van der Waals surface area contributed by atoms with Crippen molar-refractivity contribution in [3.05, 3.63) is 35.9 Å². The number of alkyl carbamates (subject to hydrolysis) is 1. The minimum absolute atomic E-state index is 0.153. The quantitative estimate of drug-likeness (QED) is 0.809. The zero-order valence-corrected chi connectivity index (χ0v) is 16.6. The number of rotatable bonds is 6. The van der Waals surface area contributed by atoms with Gasteiger partial charge in [-0.3, -0.25) is 4.79 Å². The summed E-state index contributed by atoms with van der Waals surface area (Å²) in [6.07, 6.45) is 1.22. The molecular weight excluding hydrogens is 360 g/mol. The lowest BCUT2D eigenvalue weighted by Gasteiger charge is -2.26. The number of benzene rings is 1. The van der Waals surface area contributed by atoms with Crippen LogP contribution in [-0.2, 0) is 20.7 Å². The van der Waals surface area contributed by atoms with Gasteiger partial charge in [0, 0.05) is 6.54 Å². The van der Waals surface area contributed by atoms with Crippen molar-refractivity contribution in [3.8, 4) is 0 Å². The van der Waals surface area contributed by atoms with Gasteiger partial charge in [-0.25, -0.2) is 14.5 Å². The van der Waals surface area contributed by atoms with Gasteiger partial charge < -0.3 is 14.8 Å². The minimum Gasteiger partial charge on any atom is -0.447 e. The highest BCUT2D eigenvalue weighted by molar-refractivity contribution is 5.95. The third kappa shape index (κ3) is 5.24. The van der Waals surface area contributed by atoms with Crippen molar-refractivity contribution in [2.45, 2.75) is 51.7 Å². The summed E-state index contributed by atoms with van der Waals surface area (Å²) in [6.45, 7) is 5.69. The van der Waals surface area contributed by atoms with Gasteiger partial charge in [-0.1, -0.05) is 30.3 Å². The number of nitrogens with zero attached hydrogens (tertiary/aromatic N) is 1. The molecular formula is C21H28N2O5. The fraction of sp³-hybridized carbons (Fsp3) is 0.571. The lowest BCUT2D eigenvalue weighted by Crippen LogP contribution is -2.47. The number of ether oxygens (including phenoxy) is 2. The SMILES string of the molecule is CC(C)(C)OC(=O)NC[C@H](C(=O)N1C(=O)OC[C@@H]1Cc1ccccc1)C1CC1. The Morgan fingerprint density at radius 1 is 1.25 bits per heavy atom. The van der Waals surface area contributed by atoms with E-state index in [2.05, 4.69) is 5.32 Å². The summed E-state index contributed by atoms with van der Waals surface area (Å²) in [5.74, 6) is -0.549. The maximum Gasteiger partial charge on any atom is 0.416 e. The highest BCUT2D eigenvalue weighted by Gasteiger charge is 2.45. The molecule has 7 heteroatoms. The highest BCUT2D eigenvalue weighted by atomic mass is 16.6. The predicted octanol–water partition coefficient (Wildman–Crippen LogP) is 3.13. The van der Waals surface area contributed by atoms with Gasteiger partial charge in [-0.15, -0.1) is 0 Å². The molecule has 2 fully saturated rings. The van der Waals surface area contributed by atoms with E-state index in [0.717, 1.165) is 18.4 Å². The first kappa shape index (κ1) is 20.2. The van der Waals surface area contributed by atoms with E-state index < -0.39 is 23.7 Å². The van der Waals surface area contributed by atoms with Gasteiger partial charge in [0.2, 0.25) is 5.91 Å². The van der Waals surface area contributed by atoms with Gasteiger partial charge in [0.15, 0.2) is 0 Å². The molecule has 0 spiro atoms. The third-order valence-corrected chi connectivity index (χ3v) is 4.89. The monoisotopic (exact) mass is 388 g/mol. The first-order valence-corrected chi connectivity index (χ1v) is 9.75. The predicted molar refractivity (Wildman–Crippen MR) is 103 cm³/mol. The molecule has 2 atom stereocenters. The molecule has 3 rings (SSSR count). The first-order chi connectivity index (χ1) is 13.2. The molecule has 1 saturated heterocycles. The van der Waals surface area contributed by atoms with Crippen LogP contribution >= 0.6 is 0 Å². The standard InChI is InChI=1S/C21H28N2O5/c1-21(2,3)28-19(25)22-12-17(15-9-10-15)18(24)23-16(13-27-20(23)26)11-14-7-5-4-6-8-14/h4-8,15-17H,9-13H2,1-3H3,(H,22,25)/t16-,17-/m0/s1. The van der Waals surface area contributed by atoms with Crippen LogP contribution in [0.15, 0.2) is 30.3 Å². The zero-order chi connectivity index (χ0) is 20.3. The molecule has 3 amide bonds. The van der Waals surface area contributed by atoms with E-state index >= 15 is 0 Å². The van der Waals surface area contributed by atoms with Gasteiger partial charge in [-0.05, 0) is 51.5 Å². The smallest absolute Gasteiger partial charge is 0.416 e. The number of imide groups is 1. The summed E-state index contributed by atoms with van der Waals surface area (Å²) < 4.78 is 10.4. The number of amides is 3. The lowest BCUT2D eigenvalue weighted by molar-refractivity contribution is -0.133. The van der Waals surface area contributed by atoms with Crippen LogP contribution < -0.4 is 5.32 Å². The van der Waals surface area contributed by atoms with Crippen LogP contribution in [0.2, 0.25) is 0 Å². The maximum atomic E-state index is 13.2. The third-order valence-electron chi connectivity index (χ3n) is 4.89. The fourth-order valence-corrected chi connectivity index (χ4v) is 3.41. The minimum atomic E-state index is -0.608. The van der Waals surface area contributed by atoms with Crippen LogP contribution in [0.4, 0.5) is 9.59 Å². The zero-order valence-electron chi connectivity index (χ0n) is 16.6. The fourth-order valence-electron chi connectivity index (χ4n) is 3.41. The number of hydrogen-bond acceptors (Lipinski definition) is 5. The van der Waals surface area contributed by atoms with Gasteiger partial charge in [0.25, 0.3) is 0 Å². The lowest BCUT2D eigenvalue weighted by atomic mass is 9.99. The molecule has 152 valence electrons. The van der Waals surface area contributed by atoms with Gasteiger partial charge in [-0.2, -0.15) is 0 Å². The summed E-state index contributed by atoms with van der Waals surface area (Å²) >= 11 is 0. The van der Waals surface area contributed by atoms with Crippen molar-refractivity contribution in [1.29, 1.82) is 0 Å². The van der Waals surface area contributed by atoms with Crippen LogP contribution in [0.1, 0.15) is 39.2 Å². The largest absolute Gasteiger partial charge is 0.447 e. The van der Waals surface area contributed by atoms with Crippen LogP contribution in [0, 0.1) is 11.8 Å². The molecule has 1 aliphatic carbocycles. The Bertz CT molecular complexity index is 724. The molecule has 1 aromatic carbocycles. The number of cyclic esters (lactones) is 1. The Labute approximate surface area is 165 Å². The molecule has 28 heavy (non-hydrogen) atoms. The maximum absolute atomic E-state index is 13.2. The molecule has 0 aromatic heterocycles. The Hall–Kier alpha value is -2.57. The average Bonchev–Trinajstić information content (AvgIpc) is 3.38. The summed E-state index contributed by atoms with van der Waals surface area (Å²) in [6, 6.07) is 9.38. The van der Waals surface area contributed by atoms with E-state index in [9.17, 15) is 14.4 Å². The Kier molecular flexibility index (Phi) is 5.91. The van der Waals surface area contributed by atoms with E-state index in [-0.39, 0.29) is 31.0 Å². The molecule has 1 aliphatic heterocycles. The van der Waals surface area contributed by atoms with Crippen LogP contribution in [0.3, 0.4) is 0 Å². The van der Waals surface area contributed by atoms with Crippen molar-refractivity contribution in [2.75, 3.05) is 13.2 Å². The molecule has 0 radical (unpaired) electrons. The molecule has 1 N–H and O–H groups in total. The molecule has 1 heterocycles. The van der Waals surface area contributed by atoms with E-state index in [1.807, 2.05) is 30.3 Å². The van der Waals surface area contributed by atoms with Crippen molar-refractivity contribution < 1.29 is 23.9 Å². The Morgan fingerprint density at radius 2 is 1.93 bits per heavy atom. The van der Waals surface area contributed by atoms with Crippen molar-refractivity contribution in [3.63, 3.8) is 0 Å².